The molecular formula is C34H30ClOP. The number of hydrogen-bond acceptors (Lipinski definition) is 1. The second-order valence-electron chi connectivity index (χ2n) is 10.1. The summed E-state index contributed by atoms with van der Waals surface area (Å²) in [4.78, 5) is 0. The fraction of sp³-hybridized carbons (Fsp3) is 0.118. The Balaban J connectivity index is 1.80. The molecule has 3 heteroatoms. The van der Waals surface area contributed by atoms with E-state index in [1.54, 1.807) is 0 Å². The van der Waals surface area contributed by atoms with Crippen LogP contribution in [0.3, 0.4) is 0 Å². The second-order valence-corrected chi connectivity index (χ2v) is 14.9. The molecule has 0 fully saturated rings. The molecule has 0 saturated heterocycles. The van der Waals surface area contributed by atoms with Crippen LogP contribution in [0.1, 0.15) is 33.9 Å². The summed E-state index contributed by atoms with van der Waals surface area (Å²) in [6.45, 7) is 2.79. The summed E-state index contributed by atoms with van der Waals surface area (Å²) in [7, 11) is 0. The van der Waals surface area contributed by atoms with Gasteiger partial charge in [0.1, 0.15) is 0 Å². The first-order valence-electron chi connectivity index (χ1n) is 12.7. The van der Waals surface area contributed by atoms with Crippen LogP contribution in [0.2, 0.25) is 5.02 Å². The van der Waals surface area contributed by atoms with E-state index in [-0.39, 0.29) is 6.10 Å². The number of rotatable bonds is 4. The zero-order valence-electron chi connectivity index (χ0n) is 21.4. The van der Waals surface area contributed by atoms with Crippen LogP contribution >= 0.6 is 18.4 Å². The molecule has 0 spiro atoms. The maximum atomic E-state index is 7.80. The van der Waals surface area contributed by atoms with Gasteiger partial charge in [0.05, 0.1) is 0 Å². The van der Waals surface area contributed by atoms with Crippen molar-refractivity contribution in [1.29, 1.82) is 0 Å². The van der Waals surface area contributed by atoms with Gasteiger partial charge in [0.2, 0.25) is 0 Å². The molecule has 0 aliphatic carbocycles. The zero-order valence-corrected chi connectivity index (χ0v) is 23.0. The fourth-order valence-corrected chi connectivity index (χ4v) is 12.0. The van der Waals surface area contributed by atoms with E-state index in [0.29, 0.717) is 0 Å². The van der Waals surface area contributed by atoms with Gasteiger partial charge in [-0.05, 0) is 0 Å². The number of hydrogen-bond donors (Lipinski definition) is 0. The number of aryl methyl sites for hydroxylation is 3. The molecule has 1 heterocycles. The molecule has 0 amide bonds. The third-order valence-electron chi connectivity index (χ3n) is 7.75. The van der Waals surface area contributed by atoms with Crippen molar-refractivity contribution in [3.8, 4) is 0 Å². The van der Waals surface area contributed by atoms with E-state index in [1.165, 1.54) is 43.5 Å². The van der Waals surface area contributed by atoms with Crippen molar-refractivity contribution in [3.05, 3.63) is 154 Å². The summed E-state index contributed by atoms with van der Waals surface area (Å²) in [6.07, 6.45) is -0.227. The van der Waals surface area contributed by atoms with Crippen molar-refractivity contribution in [2.45, 2.75) is 26.9 Å². The zero-order chi connectivity index (χ0) is 25.6. The average molecular weight is 521 g/mol. The standard InChI is InChI=1S/C34H30ClOP/c1-24-8-18-29(19-9-24)37(30-20-10-25(2)11-21-30,31-22-12-26(3)13-23-31)33-7-5-4-6-32(33)34(36-37)27-14-16-28(35)17-15-27/h4-23,34H,1-3H3. The summed E-state index contributed by atoms with van der Waals surface area (Å²) in [5.41, 5.74) is 6.01. The van der Waals surface area contributed by atoms with E-state index in [0.717, 1.165) is 10.6 Å². The minimum atomic E-state index is -3.63. The van der Waals surface area contributed by atoms with Gasteiger partial charge in [-0.2, -0.15) is 0 Å². The molecule has 6 rings (SSSR count). The summed E-state index contributed by atoms with van der Waals surface area (Å²) >= 11 is 6.30. The normalized spacial score (nSPS) is 18.5. The number of fused-ring (bicyclic) bond motifs is 1. The maximum absolute atomic E-state index is 7.80. The van der Waals surface area contributed by atoms with Crippen LogP contribution in [0, 0.1) is 20.8 Å². The van der Waals surface area contributed by atoms with Crippen LogP contribution in [0.25, 0.3) is 0 Å². The van der Waals surface area contributed by atoms with Gasteiger partial charge < -0.3 is 0 Å². The molecule has 1 nitrogen and oxygen atoms in total. The van der Waals surface area contributed by atoms with Gasteiger partial charge in [-0.3, -0.25) is 0 Å². The second kappa shape index (κ2) is 8.96. The van der Waals surface area contributed by atoms with Gasteiger partial charge in [0, 0.05) is 0 Å². The third kappa shape index (κ3) is 3.53. The van der Waals surface area contributed by atoms with E-state index in [4.69, 9.17) is 16.1 Å². The molecule has 1 unspecified atom stereocenters. The average Bonchev–Trinajstić information content (AvgIpc) is 3.24. The molecule has 0 bridgehead atoms. The van der Waals surface area contributed by atoms with Gasteiger partial charge in [0.25, 0.3) is 0 Å². The van der Waals surface area contributed by atoms with Gasteiger partial charge in [0.15, 0.2) is 0 Å². The van der Waals surface area contributed by atoms with Crippen molar-refractivity contribution >= 4 is 39.6 Å². The van der Waals surface area contributed by atoms with Crippen molar-refractivity contribution in [2.75, 3.05) is 0 Å². The first kappa shape index (κ1) is 24.1. The van der Waals surface area contributed by atoms with Crippen LogP contribution in [0.5, 0.6) is 0 Å². The van der Waals surface area contributed by atoms with Crippen molar-refractivity contribution in [1.82, 2.24) is 0 Å². The monoisotopic (exact) mass is 520 g/mol. The Hall–Kier alpha value is -3.22. The minimum absolute atomic E-state index is 0.227. The van der Waals surface area contributed by atoms with Gasteiger partial charge in [-0.15, -0.1) is 0 Å². The number of benzene rings is 5. The Kier molecular flexibility index (Phi) is 5.85. The molecule has 5 aromatic rings. The molecule has 5 aromatic carbocycles. The molecule has 37 heavy (non-hydrogen) atoms. The Labute approximate surface area is 224 Å². The SMILES string of the molecule is Cc1ccc(P2(c3ccc(C)cc3)(c3ccc(C)cc3)OC(c3ccc(Cl)cc3)c3ccccc32)cc1. The van der Waals surface area contributed by atoms with Crippen LogP contribution in [-0.2, 0) is 4.52 Å². The Morgan fingerprint density at radius 3 is 1.43 bits per heavy atom. The first-order chi connectivity index (χ1) is 17.9. The topological polar surface area (TPSA) is 9.23 Å². The molecular weight excluding hydrogens is 491 g/mol. The van der Waals surface area contributed by atoms with E-state index >= 15 is 0 Å². The predicted octanol–water partition coefficient (Wildman–Crippen LogP) is 7.45. The molecule has 0 aromatic heterocycles. The quantitative estimate of drug-likeness (QED) is 0.223. The van der Waals surface area contributed by atoms with Crippen LogP contribution in [-0.4, -0.2) is 0 Å². The molecule has 1 aliphatic rings. The van der Waals surface area contributed by atoms with E-state index in [2.05, 4.69) is 130 Å². The van der Waals surface area contributed by atoms with Gasteiger partial charge >= 0.3 is 225 Å². The van der Waals surface area contributed by atoms with Crippen molar-refractivity contribution < 1.29 is 4.52 Å². The summed E-state index contributed by atoms with van der Waals surface area (Å²) in [6, 6.07) is 43.9. The molecule has 0 saturated carbocycles. The van der Waals surface area contributed by atoms with E-state index in [1.807, 2.05) is 12.1 Å². The van der Waals surface area contributed by atoms with Crippen LogP contribution in [0.4, 0.5) is 0 Å². The summed E-state index contributed by atoms with van der Waals surface area (Å²) < 4.78 is 7.80. The Bertz CT molecular complexity index is 1460. The Morgan fingerprint density at radius 2 is 0.973 bits per heavy atom. The first-order valence-corrected chi connectivity index (χ1v) is 15.2. The molecule has 1 atom stereocenters. The summed E-state index contributed by atoms with van der Waals surface area (Å²) in [5, 5.41) is 5.64. The van der Waals surface area contributed by atoms with Crippen LogP contribution in [0.15, 0.2) is 121 Å². The van der Waals surface area contributed by atoms with Crippen LogP contribution < -0.4 is 21.2 Å². The number of halogens is 1. The van der Waals surface area contributed by atoms with Gasteiger partial charge in [-0.25, -0.2) is 0 Å². The van der Waals surface area contributed by atoms with E-state index in [9.17, 15) is 0 Å². The predicted molar refractivity (Wildman–Crippen MR) is 160 cm³/mol. The molecule has 0 N–H and O–H groups in total. The summed E-state index contributed by atoms with van der Waals surface area (Å²) in [5.74, 6) is 0. The van der Waals surface area contributed by atoms with Gasteiger partial charge in [-0.1, -0.05) is 0 Å². The molecule has 0 radical (unpaired) electrons. The fourth-order valence-electron chi connectivity index (χ4n) is 5.83. The van der Waals surface area contributed by atoms with E-state index < -0.39 is 6.83 Å². The molecule has 184 valence electrons. The third-order valence-corrected chi connectivity index (χ3v) is 13.8. The van der Waals surface area contributed by atoms with Crippen molar-refractivity contribution in [3.63, 3.8) is 0 Å². The molecule has 1 aliphatic heterocycles. The van der Waals surface area contributed by atoms with Crippen molar-refractivity contribution in [2.24, 2.45) is 0 Å². The Morgan fingerprint density at radius 1 is 0.541 bits per heavy atom.